The summed E-state index contributed by atoms with van der Waals surface area (Å²) >= 11 is 5.88. The van der Waals surface area contributed by atoms with E-state index in [0.29, 0.717) is 23.9 Å². The Kier molecular flexibility index (Phi) is 3.08. The molecule has 1 aliphatic heterocycles. The summed E-state index contributed by atoms with van der Waals surface area (Å²) < 4.78 is 7.09. The SMILES string of the molecule is O=C(Nc1cccnc1Cl)c1cc2n(n1)CCCO2. The molecule has 0 aromatic carbocycles. The number of ether oxygens (including phenoxy) is 1. The van der Waals surface area contributed by atoms with E-state index in [1.54, 1.807) is 29.1 Å². The predicted octanol–water partition coefficient (Wildman–Crippen LogP) is 1.97. The van der Waals surface area contributed by atoms with Gasteiger partial charge in [0.05, 0.1) is 12.3 Å². The van der Waals surface area contributed by atoms with E-state index in [4.69, 9.17) is 16.3 Å². The number of amides is 1. The third-order valence-corrected chi connectivity index (χ3v) is 3.05. The van der Waals surface area contributed by atoms with Gasteiger partial charge in [0.25, 0.3) is 5.91 Å². The van der Waals surface area contributed by atoms with Crippen LogP contribution in [0.3, 0.4) is 0 Å². The Bertz CT molecular complexity index is 602. The molecule has 2 aromatic heterocycles. The number of nitrogens with zero attached hydrogens (tertiary/aromatic N) is 3. The van der Waals surface area contributed by atoms with Crippen LogP contribution in [0, 0.1) is 0 Å². The smallest absolute Gasteiger partial charge is 0.276 e. The summed E-state index contributed by atoms with van der Waals surface area (Å²) in [6.07, 6.45) is 2.45. The summed E-state index contributed by atoms with van der Waals surface area (Å²) in [5.41, 5.74) is 0.762. The van der Waals surface area contributed by atoms with Crippen LogP contribution in [0.1, 0.15) is 16.9 Å². The van der Waals surface area contributed by atoms with E-state index in [9.17, 15) is 4.79 Å². The third kappa shape index (κ3) is 2.39. The maximum atomic E-state index is 12.1. The molecule has 3 heterocycles. The van der Waals surface area contributed by atoms with Crippen LogP contribution < -0.4 is 10.1 Å². The fourth-order valence-corrected chi connectivity index (χ4v) is 2.01. The highest BCUT2D eigenvalue weighted by Crippen LogP contribution is 2.21. The molecule has 0 unspecified atom stereocenters. The van der Waals surface area contributed by atoms with Gasteiger partial charge >= 0.3 is 0 Å². The molecule has 6 nitrogen and oxygen atoms in total. The van der Waals surface area contributed by atoms with Crippen molar-refractivity contribution in [1.82, 2.24) is 14.8 Å². The average Bonchev–Trinajstić information content (AvgIpc) is 2.85. The summed E-state index contributed by atoms with van der Waals surface area (Å²) in [6.45, 7) is 1.41. The second-order valence-electron chi connectivity index (χ2n) is 4.09. The van der Waals surface area contributed by atoms with Crippen molar-refractivity contribution in [3.8, 4) is 5.88 Å². The molecular weight excluding hydrogens is 268 g/mol. The lowest BCUT2D eigenvalue weighted by molar-refractivity contribution is 0.102. The molecule has 0 radical (unpaired) electrons. The van der Waals surface area contributed by atoms with Crippen LogP contribution in [0.4, 0.5) is 5.69 Å². The highest BCUT2D eigenvalue weighted by Gasteiger charge is 2.18. The highest BCUT2D eigenvalue weighted by atomic mass is 35.5. The van der Waals surface area contributed by atoms with E-state index < -0.39 is 0 Å². The number of hydrogen-bond acceptors (Lipinski definition) is 4. The number of fused-ring (bicyclic) bond motifs is 1. The Morgan fingerprint density at radius 2 is 2.42 bits per heavy atom. The van der Waals surface area contributed by atoms with Gasteiger partial charge in [0.15, 0.2) is 10.8 Å². The number of aryl methyl sites for hydroxylation is 1. The molecule has 3 rings (SSSR count). The van der Waals surface area contributed by atoms with Crippen LogP contribution in [-0.4, -0.2) is 27.3 Å². The van der Waals surface area contributed by atoms with Gasteiger partial charge in [-0.15, -0.1) is 0 Å². The number of anilines is 1. The summed E-state index contributed by atoms with van der Waals surface area (Å²) in [6, 6.07) is 5.00. The van der Waals surface area contributed by atoms with Gasteiger partial charge in [0.1, 0.15) is 0 Å². The number of aromatic nitrogens is 3. The molecule has 0 atom stereocenters. The van der Waals surface area contributed by atoms with E-state index in [1.165, 1.54) is 0 Å². The van der Waals surface area contributed by atoms with Crippen molar-refractivity contribution in [2.45, 2.75) is 13.0 Å². The molecule has 2 aromatic rings. The summed E-state index contributed by atoms with van der Waals surface area (Å²) in [7, 11) is 0. The minimum Gasteiger partial charge on any atom is -0.478 e. The number of pyridine rings is 1. The molecule has 0 fully saturated rings. The fraction of sp³-hybridized carbons (Fsp3) is 0.250. The lowest BCUT2D eigenvalue weighted by Gasteiger charge is -2.13. The lowest BCUT2D eigenvalue weighted by Crippen LogP contribution is -2.16. The first-order valence-corrected chi connectivity index (χ1v) is 6.24. The Labute approximate surface area is 114 Å². The molecule has 0 aliphatic carbocycles. The van der Waals surface area contributed by atoms with E-state index >= 15 is 0 Å². The van der Waals surface area contributed by atoms with Crippen molar-refractivity contribution in [3.05, 3.63) is 35.2 Å². The quantitative estimate of drug-likeness (QED) is 0.853. The van der Waals surface area contributed by atoms with Crippen LogP contribution in [0.25, 0.3) is 0 Å². The van der Waals surface area contributed by atoms with Gasteiger partial charge in [-0.3, -0.25) is 4.79 Å². The highest BCUT2D eigenvalue weighted by molar-refractivity contribution is 6.32. The van der Waals surface area contributed by atoms with Gasteiger partial charge in [0, 0.05) is 25.2 Å². The summed E-state index contributed by atoms with van der Waals surface area (Å²) in [5, 5.41) is 7.11. The normalized spacial score (nSPS) is 13.5. The Morgan fingerprint density at radius 3 is 3.21 bits per heavy atom. The maximum Gasteiger partial charge on any atom is 0.276 e. The number of nitrogens with one attached hydrogen (secondary N) is 1. The fourth-order valence-electron chi connectivity index (χ4n) is 1.84. The zero-order valence-electron chi connectivity index (χ0n) is 9.97. The molecule has 1 aliphatic rings. The lowest BCUT2D eigenvalue weighted by atomic mass is 10.3. The van der Waals surface area contributed by atoms with Gasteiger partial charge in [-0.1, -0.05) is 11.6 Å². The largest absolute Gasteiger partial charge is 0.478 e. The number of carbonyl (C=O) groups excluding carboxylic acids is 1. The number of halogens is 1. The van der Waals surface area contributed by atoms with E-state index in [1.807, 2.05) is 0 Å². The van der Waals surface area contributed by atoms with Gasteiger partial charge < -0.3 is 10.1 Å². The predicted molar refractivity (Wildman–Crippen MR) is 69.5 cm³/mol. The van der Waals surface area contributed by atoms with Crippen LogP contribution in [0.2, 0.25) is 5.15 Å². The first-order chi connectivity index (χ1) is 9.24. The zero-order valence-corrected chi connectivity index (χ0v) is 10.7. The van der Waals surface area contributed by atoms with Crippen LogP contribution in [0.15, 0.2) is 24.4 Å². The third-order valence-electron chi connectivity index (χ3n) is 2.75. The van der Waals surface area contributed by atoms with Crippen LogP contribution in [0.5, 0.6) is 5.88 Å². The molecule has 1 N–H and O–H groups in total. The molecular formula is C12H11ClN4O2. The average molecular weight is 279 g/mol. The summed E-state index contributed by atoms with van der Waals surface area (Å²) in [5.74, 6) is 0.286. The topological polar surface area (TPSA) is 69.0 Å². The zero-order chi connectivity index (χ0) is 13.2. The Hall–Kier alpha value is -2.08. The Morgan fingerprint density at radius 1 is 1.53 bits per heavy atom. The molecule has 0 saturated heterocycles. The molecule has 0 spiro atoms. The minimum absolute atomic E-state index is 0.246. The number of carbonyl (C=O) groups is 1. The maximum absolute atomic E-state index is 12.1. The standard InChI is InChI=1S/C12H11ClN4O2/c13-11-8(3-1-4-14-11)15-12(18)9-7-10-17(16-9)5-2-6-19-10/h1,3-4,7H,2,5-6H2,(H,15,18). The van der Waals surface area contributed by atoms with Crippen molar-refractivity contribution >= 4 is 23.2 Å². The molecule has 0 saturated carbocycles. The van der Waals surface area contributed by atoms with Gasteiger partial charge in [0.2, 0.25) is 5.88 Å². The Balaban J connectivity index is 1.81. The molecule has 0 bridgehead atoms. The monoisotopic (exact) mass is 278 g/mol. The van der Waals surface area contributed by atoms with Gasteiger partial charge in [-0.2, -0.15) is 5.10 Å². The van der Waals surface area contributed by atoms with Crippen molar-refractivity contribution in [2.24, 2.45) is 0 Å². The molecule has 98 valence electrons. The second kappa shape index (κ2) is 4.89. The van der Waals surface area contributed by atoms with Crippen LogP contribution >= 0.6 is 11.6 Å². The first-order valence-electron chi connectivity index (χ1n) is 5.86. The van der Waals surface area contributed by atoms with Crippen LogP contribution in [-0.2, 0) is 6.54 Å². The van der Waals surface area contributed by atoms with Crippen molar-refractivity contribution < 1.29 is 9.53 Å². The van der Waals surface area contributed by atoms with Crippen molar-refractivity contribution in [1.29, 1.82) is 0 Å². The first kappa shape index (κ1) is 12.0. The van der Waals surface area contributed by atoms with Crippen molar-refractivity contribution in [3.63, 3.8) is 0 Å². The van der Waals surface area contributed by atoms with Gasteiger partial charge in [-0.05, 0) is 12.1 Å². The van der Waals surface area contributed by atoms with Gasteiger partial charge in [-0.25, -0.2) is 9.67 Å². The van der Waals surface area contributed by atoms with E-state index in [0.717, 1.165) is 13.0 Å². The molecule has 7 heteroatoms. The van der Waals surface area contributed by atoms with E-state index in [-0.39, 0.29) is 11.1 Å². The second-order valence-corrected chi connectivity index (χ2v) is 4.45. The molecule has 19 heavy (non-hydrogen) atoms. The van der Waals surface area contributed by atoms with E-state index in [2.05, 4.69) is 15.4 Å². The summed E-state index contributed by atoms with van der Waals surface area (Å²) in [4.78, 5) is 15.9. The number of hydrogen-bond donors (Lipinski definition) is 1. The minimum atomic E-state index is -0.333. The number of rotatable bonds is 2. The molecule has 1 amide bonds. The van der Waals surface area contributed by atoms with Crippen molar-refractivity contribution in [2.75, 3.05) is 11.9 Å².